The fraction of sp³-hybridized carbons (Fsp3) is 0.296. The van der Waals surface area contributed by atoms with Crippen molar-refractivity contribution >= 4 is 33.4 Å². The van der Waals surface area contributed by atoms with Crippen molar-refractivity contribution in [3.8, 4) is 5.75 Å². The monoisotopic (exact) mass is 512 g/mol. The molecule has 1 N–H and O–H groups in total. The van der Waals surface area contributed by atoms with Crippen LogP contribution in [0.3, 0.4) is 0 Å². The summed E-state index contributed by atoms with van der Waals surface area (Å²) < 4.78 is 33.7. The molecule has 3 rings (SSSR count). The van der Waals surface area contributed by atoms with Gasteiger partial charge in [0, 0.05) is 11.4 Å². The maximum absolute atomic E-state index is 13.5. The zero-order valence-corrected chi connectivity index (χ0v) is 22.0. The minimum atomic E-state index is -3.95. The Hall–Kier alpha value is -2.97. The molecule has 6 nitrogen and oxygen atoms in total. The van der Waals surface area contributed by atoms with Gasteiger partial charge in [0.05, 0.1) is 17.2 Å². The Morgan fingerprint density at radius 3 is 2.23 bits per heavy atom. The molecular formula is C27H32N2O4S2. The highest BCUT2D eigenvalue weighted by atomic mass is 32.2. The number of aryl methyl sites for hydroxylation is 2. The predicted molar refractivity (Wildman–Crippen MR) is 143 cm³/mol. The third-order valence-corrected chi connectivity index (χ3v) is 7.99. The second-order valence-electron chi connectivity index (χ2n) is 8.05. The van der Waals surface area contributed by atoms with E-state index in [0.717, 1.165) is 22.0 Å². The van der Waals surface area contributed by atoms with Crippen LogP contribution in [0.5, 0.6) is 5.75 Å². The van der Waals surface area contributed by atoms with Gasteiger partial charge in [-0.05, 0) is 87.0 Å². The van der Waals surface area contributed by atoms with Crippen molar-refractivity contribution in [1.82, 2.24) is 5.32 Å². The number of hydrogen-bond donors (Lipinski definition) is 1. The normalized spacial score (nSPS) is 11.2. The van der Waals surface area contributed by atoms with E-state index in [1.54, 1.807) is 48.5 Å². The van der Waals surface area contributed by atoms with Gasteiger partial charge in [0.2, 0.25) is 5.91 Å². The number of carbonyl (C=O) groups excluding carboxylic acids is 1. The smallest absolute Gasteiger partial charge is 0.264 e. The summed E-state index contributed by atoms with van der Waals surface area (Å²) in [5, 5.41) is 2.86. The molecular weight excluding hydrogens is 480 g/mol. The van der Waals surface area contributed by atoms with Gasteiger partial charge in [0.25, 0.3) is 10.0 Å². The Labute approximate surface area is 212 Å². The van der Waals surface area contributed by atoms with E-state index in [1.807, 2.05) is 20.1 Å². The summed E-state index contributed by atoms with van der Waals surface area (Å²) in [7, 11) is -3.95. The Balaban J connectivity index is 1.73. The van der Waals surface area contributed by atoms with Gasteiger partial charge in [0.1, 0.15) is 12.3 Å². The van der Waals surface area contributed by atoms with Crippen LogP contribution in [0.15, 0.2) is 82.6 Å². The van der Waals surface area contributed by atoms with Crippen molar-refractivity contribution in [3.05, 3.63) is 83.9 Å². The molecule has 186 valence electrons. The number of hydrogen-bond acceptors (Lipinski definition) is 5. The highest BCUT2D eigenvalue weighted by Gasteiger charge is 2.27. The zero-order chi connectivity index (χ0) is 25.3. The summed E-state index contributed by atoms with van der Waals surface area (Å²) in [6.07, 6.45) is 3.53. The lowest BCUT2D eigenvalue weighted by molar-refractivity contribution is -0.119. The molecule has 0 unspecified atom stereocenters. The van der Waals surface area contributed by atoms with Gasteiger partial charge >= 0.3 is 0 Å². The first-order valence-electron chi connectivity index (χ1n) is 11.6. The van der Waals surface area contributed by atoms with Crippen molar-refractivity contribution in [2.45, 2.75) is 36.5 Å². The Morgan fingerprint density at radius 1 is 0.971 bits per heavy atom. The van der Waals surface area contributed by atoms with Crippen molar-refractivity contribution in [1.29, 1.82) is 0 Å². The molecule has 0 aliphatic heterocycles. The second kappa shape index (κ2) is 12.7. The van der Waals surface area contributed by atoms with Crippen LogP contribution in [0.4, 0.5) is 5.69 Å². The maximum atomic E-state index is 13.5. The lowest BCUT2D eigenvalue weighted by Crippen LogP contribution is -2.41. The molecule has 0 fully saturated rings. The van der Waals surface area contributed by atoms with Crippen molar-refractivity contribution in [2.24, 2.45) is 0 Å². The van der Waals surface area contributed by atoms with E-state index in [2.05, 4.69) is 29.6 Å². The minimum absolute atomic E-state index is 0.136. The number of sulfonamides is 1. The van der Waals surface area contributed by atoms with Crippen molar-refractivity contribution in [2.75, 3.05) is 30.3 Å². The number of benzene rings is 3. The van der Waals surface area contributed by atoms with Crippen LogP contribution in [-0.2, 0) is 21.2 Å². The number of thioether (sulfide) groups is 1. The molecule has 1 amide bonds. The molecule has 3 aromatic carbocycles. The first-order valence-corrected chi connectivity index (χ1v) is 14.2. The highest BCUT2D eigenvalue weighted by Crippen LogP contribution is 2.27. The quantitative estimate of drug-likeness (QED) is 0.271. The predicted octanol–water partition coefficient (Wildman–Crippen LogP) is 5.06. The van der Waals surface area contributed by atoms with E-state index in [4.69, 9.17) is 4.74 Å². The minimum Gasteiger partial charge on any atom is -0.494 e. The average molecular weight is 513 g/mol. The van der Waals surface area contributed by atoms with Gasteiger partial charge in [0.15, 0.2) is 0 Å². The Kier molecular flexibility index (Phi) is 9.63. The summed E-state index contributed by atoms with van der Waals surface area (Å²) in [6, 6.07) is 21.7. The first kappa shape index (κ1) is 26.6. The number of nitrogens with one attached hydrogen (secondary N) is 1. The molecule has 0 atom stereocenters. The lowest BCUT2D eigenvalue weighted by Gasteiger charge is -2.24. The SMILES string of the molecule is CCOc1ccc(N(CC(=O)NCCCc2ccc(C)cc2)S(=O)(=O)c2ccc(SC)cc2)cc1. The number of carbonyl (C=O) groups is 1. The largest absolute Gasteiger partial charge is 0.494 e. The fourth-order valence-electron chi connectivity index (χ4n) is 3.53. The molecule has 0 radical (unpaired) electrons. The molecule has 0 bridgehead atoms. The van der Waals surface area contributed by atoms with E-state index in [1.165, 1.54) is 22.9 Å². The van der Waals surface area contributed by atoms with Crippen LogP contribution in [0.25, 0.3) is 0 Å². The Morgan fingerprint density at radius 2 is 1.63 bits per heavy atom. The molecule has 0 saturated heterocycles. The van der Waals surface area contributed by atoms with Gasteiger partial charge < -0.3 is 10.1 Å². The van der Waals surface area contributed by atoms with Crippen LogP contribution in [0.2, 0.25) is 0 Å². The zero-order valence-electron chi connectivity index (χ0n) is 20.4. The van der Waals surface area contributed by atoms with Crippen LogP contribution in [0.1, 0.15) is 24.5 Å². The van der Waals surface area contributed by atoms with Crippen molar-refractivity contribution < 1.29 is 17.9 Å². The third-order valence-electron chi connectivity index (χ3n) is 5.46. The molecule has 0 heterocycles. The van der Waals surface area contributed by atoms with E-state index in [9.17, 15) is 13.2 Å². The van der Waals surface area contributed by atoms with Crippen molar-refractivity contribution in [3.63, 3.8) is 0 Å². The van der Waals surface area contributed by atoms with E-state index in [0.29, 0.717) is 24.6 Å². The van der Waals surface area contributed by atoms with Gasteiger partial charge in [-0.2, -0.15) is 0 Å². The second-order valence-corrected chi connectivity index (χ2v) is 10.8. The van der Waals surface area contributed by atoms with Crippen LogP contribution in [0, 0.1) is 6.92 Å². The molecule has 0 aliphatic carbocycles. The molecule has 0 aliphatic rings. The maximum Gasteiger partial charge on any atom is 0.264 e. The van der Waals surface area contributed by atoms with Gasteiger partial charge in [-0.1, -0.05) is 29.8 Å². The molecule has 8 heteroatoms. The average Bonchev–Trinajstić information content (AvgIpc) is 2.87. The molecule has 0 aromatic heterocycles. The summed E-state index contributed by atoms with van der Waals surface area (Å²) in [6.45, 7) is 4.59. The van der Waals surface area contributed by atoms with E-state index < -0.39 is 10.0 Å². The number of rotatable bonds is 12. The first-order chi connectivity index (χ1) is 16.8. The van der Waals surface area contributed by atoms with Gasteiger partial charge in [-0.25, -0.2) is 8.42 Å². The van der Waals surface area contributed by atoms with Gasteiger partial charge in [-0.3, -0.25) is 9.10 Å². The van der Waals surface area contributed by atoms with Crippen LogP contribution in [-0.4, -0.2) is 40.3 Å². The summed E-state index contributed by atoms with van der Waals surface area (Å²) in [5.74, 6) is 0.283. The fourth-order valence-corrected chi connectivity index (χ4v) is 5.36. The highest BCUT2D eigenvalue weighted by molar-refractivity contribution is 7.98. The summed E-state index contributed by atoms with van der Waals surface area (Å²) in [5.41, 5.74) is 2.81. The van der Waals surface area contributed by atoms with Gasteiger partial charge in [-0.15, -0.1) is 11.8 Å². The molecule has 0 spiro atoms. The topological polar surface area (TPSA) is 75.7 Å². The standard InChI is InChI=1S/C27H32N2O4S2/c1-4-33-24-13-11-23(12-14-24)29(35(31,32)26-17-15-25(34-3)16-18-26)20-27(30)28-19-5-6-22-9-7-21(2)8-10-22/h7-18H,4-6,19-20H2,1-3H3,(H,28,30). The number of anilines is 1. The van der Waals surface area contributed by atoms with E-state index >= 15 is 0 Å². The number of nitrogens with zero attached hydrogens (tertiary/aromatic N) is 1. The number of ether oxygens (including phenoxy) is 1. The van der Waals surface area contributed by atoms with E-state index in [-0.39, 0.29) is 17.3 Å². The molecule has 3 aromatic rings. The molecule has 0 saturated carbocycles. The number of amides is 1. The molecule has 35 heavy (non-hydrogen) atoms. The lowest BCUT2D eigenvalue weighted by atomic mass is 10.1. The summed E-state index contributed by atoms with van der Waals surface area (Å²) in [4.78, 5) is 13.9. The van der Waals surface area contributed by atoms with Crippen LogP contribution >= 0.6 is 11.8 Å². The summed E-state index contributed by atoms with van der Waals surface area (Å²) >= 11 is 1.53. The third kappa shape index (κ3) is 7.50. The van der Waals surface area contributed by atoms with Crippen LogP contribution < -0.4 is 14.4 Å². The Bertz CT molecular complexity index is 1190.